The van der Waals surface area contributed by atoms with Crippen LogP contribution in [0.1, 0.15) is 5.76 Å². The number of benzene rings is 2. The van der Waals surface area contributed by atoms with Crippen LogP contribution in [0, 0.1) is 5.82 Å². The lowest BCUT2D eigenvalue weighted by molar-refractivity contribution is -0.122. The van der Waals surface area contributed by atoms with Crippen molar-refractivity contribution in [3.8, 4) is 0 Å². The molecule has 32 heavy (non-hydrogen) atoms. The Balaban J connectivity index is 1.42. The number of imide groups is 2. The number of nitrogens with one attached hydrogen (secondary N) is 2. The van der Waals surface area contributed by atoms with E-state index in [2.05, 4.69) is 9.97 Å². The summed E-state index contributed by atoms with van der Waals surface area (Å²) in [6, 6.07) is 15.1. The van der Waals surface area contributed by atoms with E-state index < -0.39 is 23.7 Å². The van der Waals surface area contributed by atoms with E-state index in [4.69, 9.17) is 4.42 Å². The molecule has 10 heteroatoms. The third-order valence-corrected chi connectivity index (χ3v) is 5.46. The fourth-order valence-corrected chi connectivity index (χ4v) is 3.96. The van der Waals surface area contributed by atoms with Gasteiger partial charge in [0, 0.05) is 0 Å². The first-order valence-electron chi connectivity index (χ1n) is 9.38. The van der Waals surface area contributed by atoms with Crippen molar-refractivity contribution in [2.24, 2.45) is 0 Å². The number of anilines is 1. The van der Waals surface area contributed by atoms with E-state index in [0.717, 1.165) is 17.1 Å². The van der Waals surface area contributed by atoms with Gasteiger partial charge in [0.1, 0.15) is 17.2 Å². The van der Waals surface area contributed by atoms with E-state index in [1.54, 1.807) is 12.1 Å². The molecule has 4 aromatic rings. The Kier molecular flexibility index (Phi) is 4.83. The highest BCUT2D eigenvalue weighted by Gasteiger charge is 2.38. The number of H-pyrrole nitrogens is 1. The summed E-state index contributed by atoms with van der Waals surface area (Å²) in [5.41, 5.74) is 1.08. The molecule has 2 N–H and O–H groups in total. The molecule has 8 nitrogen and oxygen atoms in total. The summed E-state index contributed by atoms with van der Waals surface area (Å²) in [6.45, 7) is 0. The number of amides is 4. The summed E-state index contributed by atoms with van der Waals surface area (Å²) >= 11 is 1.24. The van der Waals surface area contributed by atoms with Gasteiger partial charge in [-0.15, -0.1) is 0 Å². The molecular formula is C22H13FN4O4S. The maximum Gasteiger partial charge on any atom is 0.336 e. The van der Waals surface area contributed by atoms with Crippen LogP contribution in [0.3, 0.4) is 0 Å². The number of imidazole rings is 1. The van der Waals surface area contributed by atoms with Crippen LogP contribution in [0.2, 0.25) is 0 Å². The second kappa shape index (κ2) is 7.82. The Morgan fingerprint density at radius 2 is 1.78 bits per heavy atom. The molecule has 0 radical (unpaired) electrons. The van der Waals surface area contributed by atoms with Crippen molar-refractivity contribution in [2.75, 3.05) is 4.90 Å². The number of furan rings is 1. The van der Waals surface area contributed by atoms with Crippen LogP contribution in [-0.2, 0) is 9.59 Å². The molecular weight excluding hydrogens is 435 g/mol. The second-order valence-corrected chi connectivity index (χ2v) is 7.72. The molecule has 3 heterocycles. The lowest BCUT2D eigenvalue weighted by Gasteiger charge is -2.26. The van der Waals surface area contributed by atoms with Crippen LogP contribution in [0.4, 0.5) is 14.9 Å². The smallest absolute Gasteiger partial charge is 0.336 e. The van der Waals surface area contributed by atoms with Crippen LogP contribution < -0.4 is 10.2 Å². The van der Waals surface area contributed by atoms with E-state index in [9.17, 15) is 18.8 Å². The molecule has 0 unspecified atom stereocenters. The molecule has 5 rings (SSSR count). The van der Waals surface area contributed by atoms with Crippen LogP contribution in [-0.4, -0.2) is 27.8 Å². The molecule has 2 aromatic carbocycles. The summed E-state index contributed by atoms with van der Waals surface area (Å²) in [6.07, 6.45) is 1.21. The second-order valence-electron chi connectivity index (χ2n) is 6.73. The number of halogens is 1. The summed E-state index contributed by atoms with van der Waals surface area (Å²) in [5.74, 6) is -2.40. The van der Waals surface area contributed by atoms with E-state index >= 15 is 0 Å². The highest BCUT2D eigenvalue weighted by atomic mass is 32.2. The lowest BCUT2D eigenvalue weighted by atomic mass is 10.1. The van der Waals surface area contributed by atoms with Gasteiger partial charge in [-0.1, -0.05) is 24.3 Å². The maximum absolute atomic E-state index is 14.2. The molecule has 0 atom stereocenters. The van der Waals surface area contributed by atoms with E-state index in [1.807, 2.05) is 29.6 Å². The molecule has 4 amide bonds. The molecule has 1 saturated heterocycles. The predicted octanol–water partition coefficient (Wildman–Crippen LogP) is 4.11. The minimum atomic E-state index is -1.03. The molecule has 1 aliphatic heterocycles. The zero-order valence-corrected chi connectivity index (χ0v) is 17.0. The number of hydrogen-bond acceptors (Lipinski definition) is 6. The van der Waals surface area contributed by atoms with Gasteiger partial charge >= 0.3 is 6.03 Å². The van der Waals surface area contributed by atoms with E-state index in [1.165, 1.54) is 36.0 Å². The average molecular weight is 448 g/mol. The Hall–Kier alpha value is -4.18. The van der Waals surface area contributed by atoms with Gasteiger partial charge in [-0.25, -0.2) is 19.1 Å². The highest BCUT2D eigenvalue weighted by Crippen LogP contribution is 2.30. The summed E-state index contributed by atoms with van der Waals surface area (Å²) < 4.78 is 19.8. The quantitative estimate of drug-likeness (QED) is 0.359. The Morgan fingerprint density at radius 3 is 2.59 bits per heavy atom. The van der Waals surface area contributed by atoms with Gasteiger partial charge in [-0.2, -0.15) is 0 Å². The van der Waals surface area contributed by atoms with E-state index in [-0.39, 0.29) is 17.0 Å². The Bertz CT molecular complexity index is 1390. The Labute approximate surface area is 184 Å². The number of para-hydroxylation sites is 3. The SMILES string of the molecule is O=C1NC(=O)N(c2ccccc2F)C(=O)/C1=C/c1ccc(Sc2nc3ccccc3[nH]2)o1. The number of nitrogens with zero attached hydrogens (tertiary/aromatic N) is 2. The number of aromatic amines is 1. The summed E-state index contributed by atoms with van der Waals surface area (Å²) in [7, 11) is 0. The normalized spacial score (nSPS) is 15.6. The van der Waals surface area contributed by atoms with Gasteiger partial charge < -0.3 is 9.40 Å². The largest absolute Gasteiger partial charge is 0.450 e. The van der Waals surface area contributed by atoms with Crippen LogP contribution >= 0.6 is 11.8 Å². The molecule has 0 aliphatic carbocycles. The topological polar surface area (TPSA) is 108 Å². The third-order valence-electron chi connectivity index (χ3n) is 4.65. The van der Waals surface area contributed by atoms with Crippen molar-refractivity contribution >= 4 is 52.4 Å². The number of barbiturate groups is 1. The highest BCUT2D eigenvalue weighted by molar-refractivity contribution is 7.99. The first kappa shape index (κ1) is 19.8. The lowest BCUT2D eigenvalue weighted by Crippen LogP contribution is -2.54. The van der Waals surface area contributed by atoms with Crippen LogP contribution in [0.5, 0.6) is 0 Å². The van der Waals surface area contributed by atoms with Gasteiger partial charge in [0.05, 0.1) is 16.7 Å². The minimum absolute atomic E-state index is 0.213. The molecule has 158 valence electrons. The summed E-state index contributed by atoms with van der Waals surface area (Å²) in [4.78, 5) is 45.5. The van der Waals surface area contributed by atoms with Crippen LogP contribution in [0.25, 0.3) is 17.1 Å². The van der Waals surface area contributed by atoms with Crippen molar-refractivity contribution < 1.29 is 23.2 Å². The zero-order valence-electron chi connectivity index (χ0n) is 16.2. The molecule has 1 fully saturated rings. The fourth-order valence-electron chi connectivity index (χ4n) is 3.19. The number of carbonyl (C=O) groups excluding carboxylic acids is 3. The number of aromatic nitrogens is 2. The van der Waals surface area contributed by atoms with Crippen molar-refractivity contribution in [1.82, 2.24) is 15.3 Å². The Morgan fingerprint density at radius 1 is 1.00 bits per heavy atom. The van der Waals surface area contributed by atoms with Gasteiger partial charge in [-0.3, -0.25) is 14.9 Å². The first-order valence-corrected chi connectivity index (χ1v) is 10.2. The standard InChI is InChI=1S/C22H13FN4O4S/c23-14-5-1-4-8-17(14)27-20(29)13(19(28)26-22(27)30)11-12-9-10-18(31-12)32-21-24-15-6-2-3-7-16(15)25-21/h1-11H,(H,24,25)(H,26,28,30)/b13-11+. The fraction of sp³-hybridized carbons (Fsp3) is 0. The van der Waals surface area contributed by atoms with Crippen molar-refractivity contribution in [3.05, 3.63) is 77.8 Å². The first-order chi connectivity index (χ1) is 15.5. The molecule has 2 aromatic heterocycles. The monoisotopic (exact) mass is 448 g/mol. The van der Waals surface area contributed by atoms with E-state index in [0.29, 0.717) is 15.1 Å². The van der Waals surface area contributed by atoms with Crippen molar-refractivity contribution in [3.63, 3.8) is 0 Å². The predicted molar refractivity (Wildman–Crippen MR) is 114 cm³/mol. The molecule has 1 aliphatic rings. The van der Waals surface area contributed by atoms with Gasteiger partial charge in [0.2, 0.25) is 0 Å². The van der Waals surface area contributed by atoms with Crippen LogP contribution in [0.15, 0.2) is 80.9 Å². The number of hydrogen-bond donors (Lipinski definition) is 2. The van der Waals surface area contributed by atoms with Gasteiger partial charge in [-0.05, 0) is 54.2 Å². The molecule has 0 bridgehead atoms. The maximum atomic E-state index is 14.2. The van der Waals surface area contributed by atoms with Gasteiger partial charge in [0.25, 0.3) is 11.8 Å². The minimum Gasteiger partial charge on any atom is -0.450 e. The number of urea groups is 1. The third kappa shape index (κ3) is 3.56. The number of fused-ring (bicyclic) bond motifs is 1. The number of rotatable bonds is 4. The van der Waals surface area contributed by atoms with Crippen molar-refractivity contribution in [1.29, 1.82) is 0 Å². The summed E-state index contributed by atoms with van der Waals surface area (Å²) in [5, 5.41) is 3.13. The molecule has 0 spiro atoms. The van der Waals surface area contributed by atoms with Gasteiger partial charge in [0.15, 0.2) is 10.2 Å². The average Bonchev–Trinajstić information content (AvgIpc) is 3.38. The molecule has 0 saturated carbocycles. The number of carbonyl (C=O) groups is 3. The van der Waals surface area contributed by atoms with Crippen molar-refractivity contribution in [2.45, 2.75) is 10.2 Å². The zero-order chi connectivity index (χ0) is 22.2.